The van der Waals surface area contributed by atoms with Crippen LogP contribution in [-0.2, 0) is 4.74 Å². The van der Waals surface area contributed by atoms with Gasteiger partial charge in [0.05, 0.1) is 23.8 Å². The number of nitrogens with one attached hydrogen (secondary N) is 1. The number of esters is 1. The van der Waals surface area contributed by atoms with Crippen LogP contribution in [0.25, 0.3) is 16.0 Å². The Labute approximate surface area is 124 Å². The first-order valence-corrected chi connectivity index (χ1v) is 7.26. The number of thiophene rings is 1. The van der Waals surface area contributed by atoms with E-state index >= 15 is 0 Å². The van der Waals surface area contributed by atoms with Crippen molar-refractivity contribution in [2.45, 2.75) is 6.92 Å². The van der Waals surface area contributed by atoms with E-state index < -0.39 is 5.97 Å². The number of carbonyl (C=O) groups is 1. The summed E-state index contributed by atoms with van der Waals surface area (Å²) in [5.74, 6) is 0.738. The summed E-state index contributed by atoms with van der Waals surface area (Å²) >= 11 is 1.52. The molecule has 0 spiro atoms. The third-order valence-corrected chi connectivity index (χ3v) is 3.65. The topological polar surface area (TPSA) is 81.9 Å². The van der Waals surface area contributed by atoms with E-state index in [1.165, 1.54) is 17.5 Å². The molecule has 0 aliphatic heterocycles. The Balaban J connectivity index is 2.07. The fourth-order valence-electron chi connectivity index (χ4n) is 1.88. The van der Waals surface area contributed by atoms with Crippen molar-refractivity contribution >= 4 is 33.5 Å². The van der Waals surface area contributed by atoms with Gasteiger partial charge in [-0.05, 0) is 18.4 Å². The van der Waals surface area contributed by atoms with Gasteiger partial charge in [0, 0.05) is 13.2 Å². The average Bonchev–Trinajstić information content (AvgIpc) is 3.15. The maximum Gasteiger partial charge on any atom is 0.341 e. The van der Waals surface area contributed by atoms with Crippen molar-refractivity contribution in [3.63, 3.8) is 0 Å². The molecule has 8 heteroatoms. The second kappa shape index (κ2) is 5.49. The number of hydrogen-bond donors (Lipinski definition) is 1. The van der Waals surface area contributed by atoms with Gasteiger partial charge in [0.1, 0.15) is 4.83 Å². The van der Waals surface area contributed by atoms with E-state index in [9.17, 15) is 4.79 Å². The van der Waals surface area contributed by atoms with Crippen LogP contribution in [0.15, 0.2) is 23.8 Å². The van der Waals surface area contributed by atoms with E-state index in [2.05, 4.69) is 20.4 Å². The van der Waals surface area contributed by atoms with Gasteiger partial charge in [-0.15, -0.1) is 11.3 Å². The molecule has 0 fully saturated rings. The van der Waals surface area contributed by atoms with E-state index in [-0.39, 0.29) is 0 Å². The lowest BCUT2D eigenvalue weighted by Crippen LogP contribution is -2.05. The quantitative estimate of drug-likeness (QED) is 0.743. The first kappa shape index (κ1) is 13.5. The van der Waals surface area contributed by atoms with Gasteiger partial charge in [0.2, 0.25) is 5.95 Å². The molecule has 0 saturated carbocycles. The van der Waals surface area contributed by atoms with Gasteiger partial charge in [-0.3, -0.25) is 0 Å². The van der Waals surface area contributed by atoms with Crippen LogP contribution in [0.3, 0.4) is 0 Å². The van der Waals surface area contributed by atoms with Crippen molar-refractivity contribution < 1.29 is 9.53 Å². The summed E-state index contributed by atoms with van der Waals surface area (Å²) in [4.78, 5) is 21.4. The fraction of sp³-hybridized carbons (Fsp3) is 0.231. The second-order valence-electron chi connectivity index (χ2n) is 4.15. The number of rotatable bonds is 4. The largest absolute Gasteiger partial charge is 0.462 e. The molecule has 0 unspecified atom stereocenters. The lowest BCUT2D eigenvalue weighted by Gasteiger charge is -2.05. The zero-order valence-electron chi connectivity index (χ0n) is 11.5. The standard InChI is InChI=1S/C13H13N5O2S/c1-3-20-12(19)8-6-15-18(7-8)10-9-4-5-21-11(9)17-13(14-2)16-10/h4-7H,3H2,1-2H3,(H,14,16,17). The van der Waals surface area contributed by atoms with Crippen molar-refractivity contribution in [2.24, 2.45) is 0 Å². The van der Waals surface area contributed by atoms with Gasteiger partial charge in [-0.2, -0.15) is 10.1 Å². The molecule has 1 N–H and O–H groups in total. The fourth-order valence-corrected chi connectivity index (χ4v) is 2.64. The lowest BCUT2D eigenvalue weighted by molar-refractivity contribution is 0.0526. The summed E-state index contributed by atoms with van der Waals surface area (Å²) in [6, 6.07) is 1.93. The monoisotopic (exact) mass is 303 g/mol. The molecule has 3 aromatic rings. The Hall–Kier alpha value is -2.48. The van der Waals surface area contributed by atoms with E-state index in [1.54, 1.807) is 24.9 Å². The first-order chi connectivity index (χ1) is 10.2. The molecule has 0 aliphatic rings. The zero-order valence-corrected chi connectivity index (χ0v) is 12.3. The molecule has 0 aliphatic carbocycles. The van der Waals surface area contributed by atoms with Crippen molar-refractivity contribution in [1.82, 2.24) is 19.7 Å². The maximum absolute atomic E-state index is 11.7. The molecule has 0 amide bonds. The smallest absolute Gasteiger partial charge is 0.341 e. The average molecular weight is 303 g/mol. The molecule has 3 heterocycles. The minimum absolute atomic E-state index is 0.330. The minimum atomic E-state index is -0.395. The SMILES string of the molecule is CCOC(=O)c1cnn(-c2nc(NC)nc3sccc23)c1. The molecule has 0 atom stereocenters. The van der Waals surface area contributed by atoms with Gasteiger partial charge in [0.25, 0.3) is 0 Å². The predicted octanol–water partition coefficient (Wildman–Crippen LogP) is 2.10. The van der Waals surface area contributed by atoms with Crippen LogP contribution in [0, 0.1) is 0 Å². The van der Waals surface area contributed by atoms with Crippen LogP contribution >= 0.6 is 11.3 Å². The Morgan fingerprint density at radius 2 is 2.33 bits per heavy atom. The summed E-state index contributed by atoms with van der Waals surface area (Å²) < 4.78 is 6.52. The van der Waals surface area contributed by atoms with Crippen LogP contribution in [0.1, 0.15) is 17.3 Å². The van der Waals surface area contributed by atoms with Crippen LogP contribution in [0.2, 0.25) is 0 Å². The normalized spacial score (nSPS) is 10.8. The highest BCUT2D eigenvalue weighted by atomic mass is 32.1. The molecule has 0 bridgehead atoms. The Morgan fingerprint density at radius 1 is 1.48 bits per heavy atom. The van der Waals surface area contributed by atoms with Crippen LogP contribution in [0.4, 0.5) is 5.95 Å². The molecule has 0 radical (unpaired) electrons. The Bertz CT molecular complexity index is 795. The predicted molar refractivity (Wildman–Crippen MR) is 80.0 cm³/mol. The van der Waals surface area contributed by atoms with E-state index in [0.717, 1.165) is 10.2 Å². The summed E-state index contributed by atoms with van der Waals surface area (Å²) in [6.45, 7) is 2.09. The molecule has 108 valence electrons. The third-order valence-electron chi connectivity index (χ3n) is 2.84. The third kappa shape index (κ3) is 2.45. The van der Waals surface area contributed by atoms with Gasteiger partial charge >= 0.3 is 5.97 Å². The van der Waals surface area contributed by atoms with Gasteiger partial charge in [-0.1, -0.05) is 0 Å². The van der Waals surface area contributed by atoms with Crippen LogP contribution < -0.4 is 5.32 Å². The number of aromatic nitrogens is 4. The van der Waals surface area contributed by atoms with Gasteiger partial charge < -0.3 is 10.1 Å². The number of hydrogen-bond acceptors (Lipinski definition) is 7. The van der Waals surface area contributed by atoms with Crippen molar-refractivity contribution in [2.75, 3.05) is 19.0 Å². The highest BCUT2D eigenvalue weighted by molar-refractivity contribution is 7.16. The molecule has 0 saturated heterocycles. The van der Waals surface area contributed by atoms with Crippen LogP contribution in [0.5, 0.6) is 0 Å². The summed E-state index contributed by atoms with van der Waals surface area (Å²) in [6.07, 6.45) is 3.08. The van der Waals surface area contributed by atoms with Gasteiger partial charge in [0.15, 0.2) is 5.82 Å². The van der Waals surface area contributed by atoms with E-state index in [0.29, 0.717) is 23.9 Å². The number of nitrogens with zero attached hydrogens (tertiary/aromatic N) is 4. The van der Waals surface area contributed by atoms with Crippen LogP contribution in [-0.4, -0.2) is 39.4 Å². The first-order valence-electron chi connectivity index (χ1n) is 6.38. The zero-order chi connectivity index (χ0) is 14.8. The second-order valence-corrected chi connectivity index (χ2v) is 5.05. The number of ether oxygens (including phenoxy) is 1. The number of carbonyl (C=O) groups excluding carboxylic acids is 1. The highest BCUT2D eigenvalue weighted by Gasteiger charge is 2.14. The lowest BCUT2D eigenvalue weighted by atomic mass is 10.3. The molecular weight excluding hydrogens is 290 g/mol. The summed E-state index contributed by atoms with van der Waals surface area (Å²) in [7, 11) is 1.76. The maximum atomic E-state index is 11.7. The minimum Gasteiger partial charge on any atom is -0.462 e. The molecule has 3 aromatic heterocycles. The highest BCUT2D eigenvalue weighted by Crippen LogP contribution is 2.25. The molecule has 3 rings (SSSR count). The summed E-state index contributed by atoms with van der Waals surface area (Å²) in [5, 5.41) is 9.95. The number of anilines is 1. The van der Waals surface area contributed by atoms with Gasteiger partial charge in [-0.25, -0.2) is 14.5 Å². The van der Waals surface area contributed by atoms with E-state index in [4.69, 9.17) is 4.74 Å². The molecule has 7 nitrogen and oxygen atoms in total. The van der Waals surface area contributed by atoms with Crippen molar-refractivity contribution in [1.29, 1.82) is 0 Å². The summed E-state index contributed by atoms with van der Waals surface area (Å²) in [5.41, 5.74) is 0.393. The molecule has 21 heavy (non-hydrogen) atoms. The van der Waals surface area contributed by atoms with Crippen molar-refractivity contribution in [3.05, 3.63) is 29.4 Å². The van der Waals surface area contributed by atoms with E-state index in [1.807, 2.05) is 11.4 Å². The Kier molecular flexibility index (Phi) is 3.53. The Morgan fingerprint density at radius 3 is 3.10 bits per heavy atom. The molecular formula is C13H13N5O2S. The van der Waals surface area contributed by atoms with Crippen molar-refractivity contribution in [3.8, 4) is 5.82 Å². The number of fused-ring (bicyclic) bond motifs is 1. The molecule has 0 aromatic carbocycles.